The number of nitrogens with zero attached hydrogens (tertiary/aromatic N) is 4. The van der Waals surface area contributed by atoms with E-state index in [1.165, 1.54) is 4.88 Å². The van der Waals surface area contributed by atoms with Gasteiger partial charge in [-0.25, -0.2) is 9.97 Å². The number of hydrogen-bond donors (Lipinski definition) is 1. The van der Waals surface area contributed by atoms with Crippen LogP contribution < -0.4 is 10.6 Å². The summed E-state index contributed by atoms with van der Waals surface area (Å²) in [6, 6.07) is 6.46. The van der Waals surface area contributed by atoms with Gasteiger partial charge in [-0.3, -0.25) is 4.90 Å². The molecule has 1 aliphatic heterocycles. The fourth-order valence-electron chi connectivity index (χ4n) is 2.61. The van der Waals surface area contributed by atoms with E-state index in [4.69, 9.17) is 5.73 Å². The summed E-state index contributed by atoms with van der Waals surface area (Å²) >= 11 is 1.79. The van der Waals surface area contributed by atoms with Crippen LogP contribution in [0.4, 0.5) is 5.95 Å². The summed E-state index contributed by atoms with van der Waals surface area (Å²) in [4.78, 5) is 14.7. The molecule has 6 heteroatoms. The molecule has 0 aromatic carbocycles. The Labute approximate surface area is 123 Å². The predicted molar refractivity (Wildman–Crippen MR) is 81.9 cm³/mol. The van der Waals surface area contributed by atoms with Crippen LogP contribution in [0.15, 0.2) is 36.0 Å². The van der Waals surface area contributed by atoms with Crippen LogP contribution in [-0.2, 0) is 0 Å². The van der Waals surface area contributed by atoms with Crippen LogP contribution in [0.1, 0.15) is 10.9 Å². The molecule has 0 radical (unpaired) electrons. The molecular formula is C14H19N5S. The molecule has 0 amide bonds. The summed E-state index contributed by atoms with van der Waals surface area (Å²) in [5, 5.41) is 2.12. The zero-order valence-electron chi connectivity index (χ0n) is 11.4. The summed E-state index contributed by atoms with van der Waals surface area (Å²) in [7, 11) is 0. The summed E-state index contributed by atoms with van der Waals surface area (Å²) in [6.45, 7) is 4.57. The minimum atomic E-state index is 0.342. The molecule has 0 spiro atoms. The Kier molecular flexibility index (Phi) is 4.25. The SMILES string of the molecule is NCC(c1cccs1)N1CCN(c2ncccn2)CC1. The minimum Gasteiger partial charge on any atom is -0.338 e. The summed E-state index contributed by atoms with van der Waals surface area (Å²) in [6.07, 6.45) is 3.59. The maximum absolute atomic E-state index is 5.97. The van der Waals surface area contributed by atoms with E-state index in [9.17, 15) is 0 Å². The van der Waals surface area contributed by atoms with Gasteiger partial charge >= 0.3 is 0 Å². The van der Waals surface area contributed by atoms with E-state index in [-0.39, 0.29) is 0 Å². The van der Waals surface area contributed by atoms with Crippen molar-refractivity contribution in [2.75, 3.05) is 37.6 Å². The molecule has 2 N–H and O–H groups in total. The zero-order chi connectivity index (χ0) is 13.8. The molecule has 5 nitrogen and oxygen atoms in total. The summed E-state index contributed by atoms with van der Waals surface area (Å²) in [5.41, 5.74) is 5.97. The maximum Gasteiger partial charge on any atom is 0.225 e. The second-order valence-corrected chi connectivity index (χ2v) is 5.82. The Morgan fingerprint density at radius 2 is 1.90 bits per heavy atom. The lowest BCUT2D eigenvalue weighted by Crippen LogP contribution is -2.49. The molecule has 2 aromatic heterocycles. The molecule has 1 saturated heterocycles. The first kappa shape index (κ1) is 13.5. The zero-order valence-corrected chi connectivity index (χ0v) is 12.2. The van der Waals surface area contributed by atoms with Crippen molar-refractivity contribution in [3.05, 3.63) is 40.8 Å². The van der Waals surface area contributed by atoms with E-state index in [1.54, 1.807) is 23.7 Å². The van der Waals surface area contributed by atoms with Crippen molar-refractivity contribution in [1.29, 1.82) is 0 Å². The lowest BCUT2D eigenvalue weighted by atomic mass is 10.1. The van der Waals surface area contributed by atoms with Gasteiger partial charge in [0.1, 0.15) is 0 Å². The number of aromatic nitrogens is 2. The number of anilines is 1. The normalized spacial score (nSPS) is 18.1. The highest BCUT2D eigenvalue weighted by molar-refractivity contribution is 7.10. The fraction of sp³-hybridized carbons (Fsp3) is 0.429. The first-order valence-corrected chi connectivity index (χ1v) is 7.76. The van der Waals surface area contributed by atoms with Crippen molar-refractivity contribution >= 4 is 17.3 Å². The average molecular weight is 289 g/mol. The topological polar surface area (TPSA) is 58.3 Å². The quantitative estimate of drug-likeness (QED) is 0.921. The monoisotopic (exact) mass is 289 g/mol. The third kappa shape index (κ3) is 2.82. The van der Waals surface area contributed by atoms with Crippen molar-refractivity contribution in [3.8, 4) is 0 Å². The molecule has 2 aromatic rings. The first-order valence-electron chi connectivity index (χ1n) is 6.88. The number of rotatable bonds is 4. The summed E-state index contributed by atoms with van der Waals surface area (Å²) in [5.74, 6) is 0.826. The van der Waals surface area contributed by atoms with Crippen molar-refractivity contribution in [2.24, 2.45) is 5.73 Å². The fourth-order valence-corrected chi connectivity index (χ4v) is 3.49. The van der Waals surface area contributed by atoms with E-state index in [1.807, 2.05) is 6.07 Å². The molecular weight excluding hydrogens is 270 g/mol. The molecule has 1 atom stereocenters. The van der Waals surface area contributed by atoms with E-state index in [0.29, 0.717) is 12.6 Å². The molecule has 1 aliphatic rings. The second-order valence-electron chi connectivity index (χ2n) is 4.84. The summed E-state index contributed by atoms with van der Waals surface area (Å²) < 4.78 is 0. The Morgan fingerprint density at radius 1 is 1.15 bits per heavy atom. The van der Waals surface area contributed by atoms with Gasteiger partial charge in [-0.1, -0.05) is 6.07 Å². The molecule has 20 heavy (non-hydrogen) atoms. The first-order chi connectivity index (χ1) is 9.88. The minimum absolute atomic E-state index is 0.342. The highest BCUT2D eigenvalue weighted by Crippen LogP contribution is 2.25. The third-order valence-corrected chi connectivity index (χ3v) is 4.66. The van der Waals surface area contributed by atoms with Crippen molar-refractivity contribution < 1.29 is 0 Å². The van der Waals surface area contributed by atoms with Crippen molar-refractivity contribution in [2.45, 2.75) is 6.04 Å². The van der Waals surface area contributed by atoms with Gasteiger partial charge in [0.15, 0.2) is 0 Å². The smallest absolute Gasteiger partial charge is 0.225 e. The highest BCUT2D eigenvalue weighted by atomic mass is 32.1. The van der Waals surface area contributed by atoms with Crippen LogP contribution in [0.3, 0.4) is 0 Å². The van der Waals surface area contributed by atoms with Crippen LogP contribution in [0.5, 0.6) is 0 Å². The molecule has 0 aliphatic carbocycles. The molecule has 0 saturated carbocycles. The van der Waals surface area contributed by atoms with Gasteiger partial charge in [0.2, 0.25) is 5.95 Å². The van der Waals surface area contributed by atoms with E-state index in [2.05, 4.69) is 37.3 Å². The van der Waals surface area contributed by atoms with Crippen LogP contribution in [-0.4, -0.2) is 47.6 Å². The van der Waals surface area contributed by atoms with Gasteiger partial charge in [0, 0.05) is 50.0 Å². The molecule has 1 unspecified atom stereocenters. The Hall–Kier alpha value is -1.50. The van der Waals surface area contributed by atoms with Crippen LogP contribution in [0.2, 0.25) is 0 Å². The lowest BCUT2D eigenvalue weighted by molar-refractivity contribution is 0.192. The van der Waals surface area contributed by atoms with E-state index >= 15 is 0 Å². The number of thiophene rings is 1. The van der Waals surface area contributed by atoms with Crippen LogP contribution in [0.25, 0.3) is 0 Å². The maximum atomic E-state index is 5.97. The van der Waals surface area contributed by atoms with Gasteiger partial charge in [-0.15, -0.1) is 11.3 Å². The van der Waals surface area contributed by atoms with Gasteiger partial charge in [-0.05, 0) is 17.5 Å². The van der Waals surface area contributed by atoms with Crippen LogP contribution in [0, 0.1) is 0 Å². The van der Waals surface area contributed by atoms with Gasteiger partial charge in [-0.2, -0.15) is 0 Å². The standard InChI is InChI=1S/C14H19N5S/c15-11-12(13-3-1-10-20-13)18-6-8-19(9-7-18)14-16-4-2-5-17-14/h1-5,10,12H,6-9,11,15H2. The number of nitrogens with two attached hydrogens (primary N) is 1. The molecule has 3 heterocycles. The van der Waals surface area contributed by atoms with Gasteiger partial charge in [0.05, 0.1) is 6.04 Å². The third-order valence-electron chi connectivity index (χ3n) is 3.68. The number of hydrogen-bond acceptors (Lipinski definition) is 6. The molecule has 1 fully saturated rings. The predicted octanol–water partition coefficient (Wildman–Crippen LogP) is 1.36. The molecule has 106 valence electrons. The van der Waals surface area contributed by atoms with Crippen molar-refractivity contribution in [3.63, 3.8) is 0 Å². The van der Waals surface area contributed by atoms with Gasteiger partial charge < -0.3 is 10.6 Å². The van der Waals surface area contributed by atoms with E-state index in [0.717, 1.165) is 32.1 Å². The Morgan fingerprint density at radius 3 is 2.50 bits per heavy atom. The molecule has 0 bridgehead atoms. The Bertz CT molecular complexity index is 508. The lowest BCUT2D eigenvalue weighted by Gasteiger charge is -2.38. The largest absolute Gasteiger partial charge is 0.338 e. The van der Waals surface area contributed by atoms with Gasteiger partial charge in [0.25, 0.3) is 0 Å². The molecule has 3 rings (SSSR count). The average Bonchev–Trinajstić information content (AvgIpc) is 3.04. The second kappa shape index (κ2) is 6.30. The highest BCUT2D eigenvalue weighted by Gasteiger charge is 2.25. The van der Waals surface area contributed by atoms with Crippen LogP contribution >= 0.6 is 11.3 Å². The van der Waals surface area contributed by atoms with E-state index < -0.39 is 0 Å². The number of piperazine rings is 1. The van der Waals surface area contributed by atoms with Crippen molar-refractivity contribution in [1.82, 2.24) is 14.9 Å². The Balaban J connectivity index is 1.63.